The molecule has 0 saturated heterocycles. The fraction of sp³-hybridized carbons (Fsp3) is 0.318. The molecule has 0 heterocycles. The minimum atomic E-state index is -0.472. The molecule has 0 radical (unpaired) electrons. The first-order valence-corrected chi connectivity index (χ1v) is 10.7. The minimum Gasteiger partial charge on any atom is -0.491 e. The third kappa shape index (κ3) is 8.33. The van der Waals surface area contributed by atoms with Gasteiger partial charge in [-0.05, 0) is 80.5 Å². The molecule has 0 aliphatic rings. The Bertz CT molecular complexity index is 930. The van der Waals surface area contributed by atoms with E-state index in [0.717, 1.165) is 11.1 Å². The molecule has 0 aliphatic heterocycles. The molecular weight excluding hydrogens is 454 g/mol. The van der Waals surface area contributed by atoms with Crippen molar-refractivity contribution in [1.29, 1.82) is 0 Å². The minimum absolute atomic E-state index is 0.0569. The summed E-state index contributed by atoms with van der Waals surface area (Å²) in [6, 6.07) is 10.1. The number of benzene rings is 2. The Balaban J connectivity index is 1.72. The fourth-order valence-corrected chi connectivity index (χ4v) is 2.83. The van der Waals surface area contributed by atoms with Crippen LogP contribution in [0.3, 0.4) is 0 Å². The second-order valence-corrected chi connectivity index (χ2v) is 7.47. The Hall–Kier alpha value is -2.88. The molecule has 0 aliphatic carbocycles. The van der Waals surface area contributed by atoms with E-state index in [9.17, 15) is 9.59 Å². The number of carbonyl (C=O) groups excluding carboxylic acids is 2. The highest BCUT2D eigenvalue weighted by atomic mass is 35.5. The molecule has 2 aromatic carbocycles. The van der Waals surface area contributed by atoms with Crippen LogP contribution in [0.5, 0.6) is 11.5 Å². The van der Waals surface area contributed by atoms with Crippen molar-refractivity contribution in [3.05, 3.63) is 58.1 Å². The number of nitrogens with one attached hydrogen (secondary N) is 3. The molecule has 2 aromatic rings. The van der Waals surface area contributed by atoms with Crippen molar-refractivity contribution in [2.75, 3.05) is 26.4 Å². The van der Waals surface area contributed by atoms with Gasteiger partial charge in [-0.25, -0.2) is 0 Å². The molecular formula is C22H26ClN3O5S. The van der Waals surface area contributed by atoms with Crippen molar-refractivity contribution in [1.82, 2.24) is 16.2 Å². The van der Waals surface area contributed by atoms with Crippen LogP contribution in [0.1, 0.15) is 28.4 Å². The summed E-state index contributed by atoms with van der Waals surface area (Å²) < 4.78 is 16.2. The lowest BCUT2D eigenvalue weighted by atomic mass is 10.1. The highest BCUT2D eigenvalue weighted by molar-refractivity contribution is 7.80. The molecule has 172 valence electrons. The third-order valence-electron chi connectivity index (χ3n) is 4.14. The van der Waals surface area contributed by atoms with Gasteiger partial charge in [0.2, 0.25) is 0 Å². The molecule has 0 bridgehead atoms. The number of aryl methyl sites for hydroxylation is 2. The van der Waals surface area contributed by atoms with Gasteiger partial charge in [0.05, 0.1) is 6.61 Å². The summed E-state index contributed by atoms with van der Waals surface area (Å²) in [7, 11) is 0. The SMILES string of the molecule is CCOCCOc1ccc(C(=O)NC(=S)NNC(=O)COc2cc(C)c(Cl)c(C)c2)cc1. The zero-order valence-electron chi connectivity index (χ0n) is 18.1. The van der Waals surface area contributed by atoms with E-state index < -0.39 is 11.8 Å². The van der Waals surface area contributed by atoms with Crippen molar-refractivity contribution in [2.24, 2.45) is 0 Å². The second kappa shape index (κ2) is 12.8. The fourth-order valence-electron chi connectivity index (χ4n) is 2.57. The Labute approximate surface area is 197 Å². The molecule has 0 saturated carbocycles. The number of hydrogen-bond donors (Lipinski definition) is 3. The lowest BCUT2D eigenvalue weighted by molar-refractivity contribution is -0.123. The van der Waals surface area contributed by atoms with Crippen molar-refractivity contribution in [2.45, 2.75) is 20.8 Å². The van der Waals surface area contributed by atoms with Gasteiger partial charge in [0, 0.05) is 17.2 Å². The molecule has 32 heavy (non-hydrogen) atoms. The van der Waals surface area contributed by atoms with Gasteiger partial charge in [-0.15, -0.1) is 0 Å². The maximum Gasteiger partial charge on any atom is 0.276 e. The summed E-state index contributed by atoms with van der Waals surface area (Å²) in [6.07, 6.45) is 0. The Morgan fingerprint density at radius 3 is 2.25 bits per heavy atom. The molecule has 0 atom stereocenters. The number of ether oxygens (including phenoxy) is 3. The van der Waals surface area contributed by atoms with E-state index in [4.69, 9.17) is 38.0 Å². The molecule has 0 spiro atoms. The first kappa shape index (κ1) is 25.4. The predicted molar refractivity (Wildman–Crippen MR) is 126 cm³/mol. The van der Waals surface area contributed by atoms with E-state index in [-0.39, 0.29) is 11.7 Å². The molecule has 3 N–H and O–H groups in total. The van der Waals surface area contributed by atoms with Gasteiger partial charge in [0.1, 0.15) is 18.1 Å². The smallest absolute Gasteiger partial charge is 0.276 e. The average Bonchev–Trinajstić information content (AvgIpc) is 2.77. The first-order valence-electron chi connectivity index (χ1n) is 9.90. The molecule has 0 unspecified atom stereocenters. The Morgan fingerprint density at radius 2 is 1.62 bits per heavy atom. The summed E-state index contributed by atoms with van der Waals surface area (Å²) in [5.41, 5.74) is 6.92. The van der Waals surface area contributed by atoms with Crippen LogP contribution >= 0.6 is 23.8 Å². The van der Waals surface area contributed by atoms with E-state index >= 15 is 0 Å². The van der Waals surface area contributed by atoms with Gasteiger partial charge in [-0.2, -0.15) is 0 Å². The molecule has 2 amide bonds. The third-order valence-corrected chi connectivity index (χ3v) is 4.94. The van der Waals surface area contributed by atoms with Crippen LogP contribution in [0, 0.1) is 13.8 Å². The quantitative estimate of drug-likeness (QED) is 0.289. The summed E-state index contributed by atoms with van der Waals surface area (Å²) in [5.74, 6) is 0.252. The first-order chi connectivity index (χ1) is 15.3. The lowest BCUT2D eigenvalue weighted by Crippen LogP contribution is -2.49. The normalized spacial score (nSPS) is 10.2. The van der Waals surface area contributed by atoms with E-state index in [1.807, 2.05) is 20.8 Å². The van der Waals surface area contributed by atoms with Gasteiger partial charge in [-0.3, -0.25) is 25.8 Å². The molecule has 8 nitrogen and oxygen atoms in total. The van der Waals surface area contributed by atoms with Crippen molar-refractivity contribution >= 4 is 40.7 Å². The zero-order chi connectivity index (χ0) is 23.5. The zero-order valence-corrected chi connectivity index (χ0v) is 19.7. The Morgan fingerprint density at radius 1 is 0.969 bits per heavy atom. The summed E-state index contributed by atoms with van der Waals surface area (Å²) in [4.78, 5) is 24.2. The van der Waals surface area contributed by atoms with Gasteiger partial charge >= 0.3 is 0 Å². The maximum atomic E-state index is 12.3. The van der Waals surface area contributed by atoms with E-state index in [0.29, 0.717) is 41.9 Å². The summed E-state index contributed by atoms with van der Waals surface area (Å²) in [6.45, 7) is 6.93. The topological polar surface area (TPSA) is 97.9 Å². The van der Waals surface area contributed by atoms with Gasteiger partial charge in [0.25, 0.3) is 11.8 Å². The highest BCUT2D eigenvalue weighted by Gasteiger charge is 2.10. The van der Waals surface area contributed by atoms with Crippen LogP contribution in [-0.4, -0.2) is 43.4 Å². The summed E-state index contributed by atoms with van der Waals surface area (Å²) >= 11 is 11.1. The van der Waals surface area contributed by atoms with Crippen molar-refractivity contribution in [3.63, 3.8) is 0 Å². The van der Waals surface area contributed by atoms with Crippen LogP contribution in [0.2, 0.25) is 5.02 Å². The van der Waals surface area contributed by atoms with Crippen LogP contribution < -0.4 is 25.6 Å². The standard InChI is InChI=1S/C22H26ClN3O5S/c1-4-29-9-10-30-17-7-5-16(6-8-17)21(28)24-22(32)26-25-19(27)13-31-18-11-14(2)20(23)15(3)12-18/h5-8,11-12H,4,9-10,13H2,1-3H3,(H,25,27)(H2,24,26,28,32). The average molecular weight is 480 g/mol. The predicted octanol–water partition coefficient (Wildman–Crippen LogP) is 3.09. The number of thiocarbonyl (C=S) groups is 1. The van der Waals surface area contributed by atoms with Crippen LogP contribution in [0.25, 0.3) is 0 Å². The lowest BCUT2D eigenvalue weighted by Gasteiger charge is -2.12. The van der Waals surface area contributed by atoms with Crippen LogP contribution in [0.15, 0.2) is 36.4 Å². The number of hydrogen-bond acceptors (Lipinski definition) is 6. The van der Waals surface area contributed by atoms with Crippen LogP contribution in [0.4, 0.5) is 0 Å². The number of rotatable bonds is 9. The molecule has 10 heteroatoms. The number of carbonyl (C=O) groups is 2. The monoisotopic (exact) mass is 479 g/mol. The van der Waals surface area contributed by atoms with Crippen LogP contribution in [-0.2, 0) is 9.53 Å². The van der Waals surface area contributed by atoms with Gasteiger partial charge < -0.3 is 14.2 Å². The number of halogens is 1. The van der Waals surface area contributed by atoms with Gasteiger partial charge in [0.15, 0.2) is 11.7 Å². The highest BCUT2D eigenvalue weighted by Crippen LogP contribution is 2.25. The van der Waals surface area contributed by atoms with E-state index in [1.54, 1.807) is 36.4 Å². The second-order valence-electron chi connectivity index (χ2n) is 6.69. The van der Waals surface area contributed by atoms with Crippen molar-refractivity contribution in [3.8, 4) is 11.5 Å². The molecule has 0 fully saturated rings. The number of amides is 2. The Kier molecular flexibility index (Phi) is 10.2. The van der Waals surface area contributed by atoms with Gasteiger partial charge in [-0.1, -0.05) is 11.6 Å². The summed E-state index contributed by atoms with van der Waals surface area (Å²) in [5, 5.41) is 3.08. The van der Waals surface area contributed by atoms with E-state index in [2.05, 4.69) is 16.2 Å². The largest absolute Gasteiger partial charge is 0.491 e. The molecule has 2 rings (SSSR count). The maximum absolute atomic E-state index is 12.3. The number of hydrazine groups is 1. The van der Waals surface area contributed by atoms with Crippen molar-refractivity contribution < 1.29 is 23.8 Å². The van der Waals surface area contributed by atoms with E-state index in [1.165, 1.54) is 0 Å². The molecule has 0 aromatic heterocycles.